The summed E-state index contributed by atoms with van der Waals surface area (Å²) in [4.78, 5) is 0. The van der Waals surface area contributed by atoms with Gasteiger partial charge in [0.1, 0.15) is 5.82 Å². The Bertz CT molecular complexity index is 510. The Morgan fingerprint density at radius 3 is 2.19 bits per heavy atom. The second-order valence-electron chi connectivity index (χ2n) is 7.78. The molecular weight excluding hydrogens is 261 g/mol. The smallest absolute Gasteiger partial charge is 0.123 e. The van der Waals surface area contributed by atoms with Gasteiger partial charge >= 0.3 is 0 Å². The van der Waals surface area contributed by atoms with Gasteiger partial charge in [-0.3, -0.25) is 0 Å². The van der Waals surface area contributed by atoms with Crippen LogP contribution in [0, 0.1) is 42.3 Å². The van der Waals surface area contributed by atoms with Crippen LogP contribution in [-0.2, 0) is 0 Å². The molecule has 0 heterocycles. The Labute approximate surface area is 127 Å². The van der Waals surface area contributed by atoms with Gasteiger partial charge in [0.25, 0.3) is 0 Å². The van der Waals surface area contributed by atoms with E-state index in [9.17, 15) is 4.39 Å². The molecule has 4 saturated carbocycles. The summed E-state index contributed by atoms with van der Waals surface area (Å²) in [6, 6.07) is 5.73. The van der Waals surface area contributed by atoms with Crippen molar-refractivity contribution in [2.24, 2.45) is 29.6 Å². The SMILES string of the molecule is CNC(c1ccc(F)cc1C)C1C2CC3CC(C2)CC1C3. The topological polar surface area (TPSA) is 12.0 Å². The van der Waals surface area contributed by atoms with Crippen LogP contribution in [0.5, 0.6) is 0 Å². The zero-order valence-electron chi connectivity index (χ0n) is 13.1. The van der Waals surface area contributed by atoms with Gasteiger partial charge in [0, 0.05) is 6.04 Å². The molecule has 21 heavy (non-hydrogen) atoms. The molecule has 114 valence electrons. The van der Waals surface area contributed by atoms with Gasteiger partial charge in [0.15, 0.2) is 0 Å². The van der Waals surface area contributed by atoms with Crippen LogP contribution in [0.3, 0.4) is 0 Å². The van der Waals surface area contributed by atoms with Gasteiger partial charge in [-0.2, -0.15) is 0 Å². The third-order valence-electron chi connectivity index (χ3n) is 6.56. The molecule has 4 aliphatic carbocycles. The maximum Gasteiger partial charge on any atom is 0.123 e. The molecule has 4 bridgehead atoms. The first-order valence-electron chi connectivity index (χ1n) is 8.59. The quantitative estimate of drug-likeness (QED) is 0.865. The van der Waals surface area contributed by atoms with Crippen molar-refractivity contribution in [3.05, 3.63) is 35.1 Å². The van der Waals surface area contributed by atoms with E-state index in [1.165, 1.54) is 37.7 Å². The molecular formula is C19H26FN. The Balaban J connectivity index is 1.67. The van der Waals surface area contributed by atoms with Crippen molar-refractivity contribution < 1.29 is 4.39 Å². The van der Waals surface area contributed by atoms with Crippen LogP contribution in [0.25, 0.3) is 0 Å². The minimum absolute atomic E-state index is 0.115. The van der Waals surface area contributed by atoms with Gasteiger partial charge in [-0.15, -0.1) is 0 Å². The molecule has 4 aliphatic rings. The van der Waals surface area contributed by atoms with Crippen LogP contribution < -0.4 is 5.32 Å². The molecule has 4 fully saturated rings. The molecule has 1 aromatic rings. The minimum Gasteiger partial charge on any atom is -0.313 e. The van der Waals surface area contributed by atoms with Gasteiger partial charge in [-0.05, 0) is 98.9 Å². The zero-order chi connectivity index (χ0) is 14.6. The van der Waals surface area contributed by atoms with E-state index in [2.05, 4.69) is 19.3 Å². The first kappa shape index (κ1) is 13.8. The summed E-state index contributed by atoms with van der Waals surface area (Å²) >= 11 is 0. The lowest BCUT2D eigenvalue weighted by molar-refractivity contribution is -0.0516. The van der Waals surface area contributed by atoms with Crippen molar-refractivity contribution in [1.29, 1.82) is 0 Å². The monoisotopic (exact) mass is 287 g/mol. The highest BCUT2D eigenvalue weighted by Crippen LogP contribution is 2.59. The highest BCUT2D eigenvalue weighted by Gasteiger charge is 2.50. The number of aryl methyl sites for hydroxylation is 1. The Kier molecular flexibility index (Phi) is 3.33. The lowest BCUT2D eigenvalue weighted by atomic mass is 9.50. The van der Waals surface area contributed by atoms with Crippen molar-refractivity contribution in [3.8, 4) is 0 Å². The van der Waals surface area contributed by atoms with E-state index in [0.29, 0.717) is 6.04 Å². The fourth-order valence-electron chi connectivity index (χ4n) is 6.05. The number of benzene rings is 1. The van der Waals surface area contributed by atoms with E-state index >= 15 is 0 Å². The normalized spacial score (nSPS) is 38.7. The van der Waals surface area contributed by atoms with E-state index in [4.69, 9.17) is 0 Å². The summed E-state index contributed by atoms with van der Waals surface area (Å²) in [5.41, 5.74) is 2.42. The Morgan fingerprint density at radius 2 is 1.67 bits per heavy atom. The molecule has 0 amide bonds. The molecule has 0 aromatic heterocycles. The number of hydrogen-bond donors (Lipinski definition) is 1. The predicted octanol–water partition coefficient (Wildman–Crippen LogP) is 4.47. The summed E-state index contributed by atoms with van der Waals surface area (Å²) in [5, 5.41) is 3.58. The molecule has 1 nitrogen and oxygen atoms in total. The van der Waals surface area contributed by atoms with Crippen molar-refractivity contribution in [2.75, 3.05) is 7.05 Å². The molecule has 0 saturated heterocycles. The second kappa shape index (κ2) is 5.08. The zero-order valence-corrected chi connectivity index (χ0v) is 13.1. The molecule has 1 unspecified atom stereocenters. The molecule has 1 N–H and O–H groups in total. The predicted molar refractivity (Wildman–Crippen MR) is 83.5 cm³/mol. The van der Waals surface area contributed by atoms with Crippen molar-refractivity contribution in [1.82, 2.24) is 5.32 Å². The van der Waals surface area contributed by atoms with Crippen LogP contribution in [-0.4, -0.2) is 7.05 Å². The van der Waals surface area contributed by atoms with Crippen LogP contribution in [0.15, 0.2) is 18.2 Å². The second-order valence-corrected chi connectivity index (χ2v) is 7.78. The van der Waals surface area contributed by atoms with Crippen LogP contribution in [0.4, 0.5) is 4.39 Å². The molecule has 2 heteroatoms. The first-order valence-corrected chi connectivity index (χ1v) is 8.59. The molecule has 1 atom stereocenters. The average molecular weight is 287 g/mol. The van der Waals surface area contributed by atoms with Gasteiger partial charge < -0.3 is 5.32 Å². The third kappa shape index (κ3) is 2.23. The van der Waals surface area contributed by atoms with Crippen molar-refractivity contribution in [3.63, 3.8) is 0 Å². The first-order chi connectivity index (χ1) is 10.2. The van der Waals surface area contributed by atoms with Crippen LogP contribution >= 0.6 is 0 Å². The van der Waals surface area contributed by atoms with E-state index in [-0.39, 0.29) is 5.82 Å². The highest BCUT2D eigenvalue weighted by atomic mass is 19.1. The van der Waals surface area contributed by atoms with Gasteiger partial charge in [-0.25, -0.2) is 4.39 Å². The maximum atomic E-state index is 13.4. The van der Waals surface area contributed by atoms with E-state index in [1.54, 1.807) is 12.1 Å². The van der Waals surface area contributed by atoms with Gasteiger partial charge in [0.2, 0.25) is 0 Å². The number of rotatable bonds is 3. The molecule has 0 spiro atoms. The summed E-state index contributed by atoms with van der Waals surface area (Å²) in [6.45, 7) is 2.05. The highest BCUT2D eigenvalue weighted by molar-refractivity contribution is 5.31. The van der Waals surface area contributed by atoms with E-state index in [1.807, 2.05) is 6.07 Å². The standard InChI is InChI=1S/C19H26FN/c1-11-5-16(20)3-4-17(11)19(21-2)18-14-7-12-6-13(9-14)10-15(18)8-12/h3-5,12-15,18-19,21H,6-10H2,1-2H3. The lowest BCUT2D eigenvalue weighted by Gasteiger charge is -2.56. The van der Waals surface area contributed by atoms with Crippen LogP contribution in [0.1, 0.15) is 49.3 Å². The number of halogens is 1. The number of nitrogens with one attached hydrogen (secondary N) is 1. The largest absolute Gasteiger partial charge is 0.313 e. The fraction of sp³-hybridized carbons (Fsp3) is 0.684. The fourth-order valence-corrected chi connectivity index (χ4v) is 6.05. The van der Waals surface area contributed by atoms with E-state index < -0.39 is 0 Å². The summed E-state index contributed by atoms with van der Waals surface area (Å²) < 4.78 is 13.4. The Morgan fingerprint density at radius 1 is 1.05 bits per heavy atom. The molecule has 5 rings (SSSR count). The van der Waals surface area contributed by atoms with Gasteiger partial charge in [-0.1, -0.05) is 6.07 Å². The number of hydrogen-bond acceptors (Lipinski definition) is 1. The summed E-state index contributed by atoms with van der Waals surface area (Å²) in [5.74, 6) is 4.44. The third-order valence-corrected chi connectivity index (χ3v) is 6.56. The van der Waals surface area contributed by atoms with Gasteiger partial charge in [0.05, 0.1) is 0 Å². The summed E-state index contributed by atoms with van der Waals surface area (Å²) in [7, 11) is 2.08. The van der Waals surface area contributed by atoms with E-state index in [0.717, 1.165) is 35.2 Å². The van der Waals surface area contributed by atoms with Crippen LogP contribution in [0.2, 0.25) is 0 Å². The Hall–Kier alpha value is -0.890. The average Bonchev–Trinajstić information content (AvgIpc) is 2.43. The molecule has 1 aromatic carbocycles. The maximum absolute atomic E-state index is 13.4. The molecule has 0 radical (unpaired) electrons. The van der Waals surface area contributed by atoms with Crippen molar-refractivity contribution in [2.45, 2.75) is 45.1 Å². The minimum atomic E-state index is -0.115. The summed E-state index contributed by atoms with van der Waals surface area (Å²) in [6.07, 6.45) is 7.26. The lowest BCUT2D eigenvalue weighted by Crippen LogP contribution is -2.49. The van der Waals surface area contributed by atoms with Crippen molar-refractivity contribution >= 4 is 0 Å². The molecule has 0 aliphatic heterocycles.